The van der Waals surface area contributed by atoms with Crippen LogP contribution in [0, 0.1) is 0 Å². The molecule has 1 unspecified atom stereocenters. The highest BCUT2D eigenvalue weighted by Gasteiger charge is 2.28. The molecule has 68 valence electrons. The summed E-state index contributed by atoms with van der Waals surface area (Å²) in [6.45, 7) is 4.31. The van der Waals surface area contributed by atoms with Gasteiger partial charge in [0, 0.05) is 26.6 Å². The minimum atomic E-state index is -0.0241. The van der Waals surface area contributed by atoms with Gasteiger partial charge >= 0.3 is 0 Å². The fourth-order valence-corrected chi connectivity index (χ4v) is 1.44. The van der Waals surface area contributed by atoms with Gasteiger partial charge in [0.25, 0.3) is 0 Å². The van der Waals surface area contributed by atoms with Crippen LogP contribution in [-0.2, 0) is 9.59 Å². The Bertz CT molecular complexity index is 215. The van der Waals surface area contributed by atoms with Gasteiger partial charge in [-0.1, -0.05) is 0 Å². The van der Waals surface area contributed by atoms with Crippen molar-refractivity contribution in [3.63, 3.8) is 0 Å². The van der Waals surface area contributed by atoms with E-state index in [1.807, 2.05) is 6.92 Å². The molecule has 0 N–H and O–H groups in total. The van der Waals surface area contributed by atoms with Crippen molar-refractivity contribution in [1.82, 2.24) is 9.80 Å². The SMILES string of the molecule is CC(=O)N1CC(=O)N(C)CC1C. The van der Waals surface area contributed by atoms with E-state index in [1.165, 1.54) is 6.92 Å². The van der Waals surface area contributed by atoms with E-state index < -0.39 is 0 Å². The molecule has 0 spiro atoms. The molecular formula is C8H14N2O2. The predicted octanol–water partition coefficient (Wildman–Crippen LogP) is -0.305. The first-order valence-corrected chi connectivity index (χ1v) is 4.03. The lowest BCUT2D eigenvalue weighted by atomic mass is 10.2. The molecule has 1 fully saturated rings. The van der Waals surface area contributed by atoms with E-state index in [-0.39, 0.29) is 24.4 Å². The lowest BCUT2D eigenvalue weighted by molar-refractivity contribution is -0.146. The summed E-state index contributed by atoms with van der Waals surface area (Å²) in [5, 5.41) is 0. The van der Waals surface area contributed by atoms with E-state index >= 15 is 0 Å². The van der Waals surface area contributed by atoms with Crippen molar-refractivity contribution < 1.29 is 9.59 Å². The smallest absolute Gasteiger partial charge is 0.242 e. The number of amides is 2. The fraction of sp³-hybridized carbons (Fsp3) is 0.750. The maximum Gasteiger partial charge on any atom is 0.242 e. The number of carbonyl (C=O) groups is 2. The van der Waals surface area contributed by atoms with Crippen LogP contribution in [0.5, 0.6) is 0 Å². The molecule has 2 amide bonds. The van der Waals surface area contributed by atoms with Gasteiger partial charge in [0.05, 0.1) is 0 Å². The third-order valence-electron chi connectivity index (χ3n) is 2.21. The van der Waals surface area contributed by atoms with Crippen LogP contribution in [0.1, 0.15) is 13.8 Å². The quantitative estimate of drug-likeness (QED) is 0.500. The fourth-order valence-electron chi connectivity index (χ4n) is 1.44. The number of hydrogen-bond acceptors (Lipinski definition) is 2. The van der Waals surface area contributed by atoms with Crippen LogP contribution in [0.25, 0.3) is 0 Å². The molecular weight excluding hydrogens is 156 g/mol. The van der Waals surface area contributed by atoms with Crippen molar-refractivity contribution in [2.45, 2.75) is 19.9 Å². The topological polar surface area (TPSA) is 40.6 Å². The molecule has 0 aliphatic carbocycles. The largest absolute Gasteiger partial charge is 0.342 e. The molecule has 1 aliphatic rings. The van der Waals surface area contributed by atoms with E-state index in [0.29, 0.717) is 6.54 Å². The second kappa shape index (κ2) is 3.13. The van der Waals surface area contributed by atoms with E-state index in [2.05, 4.69) is 0 Å². The van der Waals surface area contributed by atoms with Crippen LogP contribution in [0.2, 0.25) is 0 Å². The molecule has 1 atom stereocenters. The highest BCUT2D eigenvalue weighted by atomic mass is 16.2. The molecule has 0 bridgehead atoms. The Balaban J connectivity index is 2.68. The highest BCUT2D eigenvalue weighted by molar-refractivity contribution is 5.85. The Morgan fingerprint density at radius 1 is 1.58 bits per heavy atom. The molecule has 4 nitrogen and oxygen atoms in total. The van der Waals surface area contributed by atoms with Gasteiger partial charge in [-0.05, 0) is 6.92 Å². The minimum absolute atomic E-state index is 0.0169. The number of rotatable bonds is 0. The molecule has 4 heteroatoms. The number of hydrogen-bond donors (Lipinski definition) is 0. The zero-order valence-electron chi connectivity index (χ0n) is 7.70. The summed E-state index contributed by atoms with van der Waals surface area (Å²) < 4.78 is 0. The summed E-state index contributed by atoms with van der Waals surface area (Å²) in [5.74, 6) is -0.00718. The molecule has 0 aromatic carbocycles. The molecule has 0 radical (unpaired) electrons. The molecule has 0 aromatic rings. The number of piperazine rings is 1. The molecule has 1 rings (SSSR count). The Hall–Kier alpha value is -1.06. The third kappa shape index (κ3) is 1.57. The Labute approximate surface area is 72.1 Å². The van der Waals surface area contributed by atoms with Gasteiger partial charge < -0.3 is 9.80 Å². The second-order valence-corrected chi connectivity index (χ2v) is 3.27. The van der Waals surface area contributed by atoms with Crippen LogP contribution in [0.15, 0.2) is 0 Å². The molecule has 1 aliphatic heterocycles. The van der Waals surface area contributed by atoms with Crippen molar-refractivity contribution in [2.75, 3.05) is 20.1 Å². The second-order valence-electron chi connectivity index (χ2n) is 3.27. The van der Waals surface area contributed by atoms with E-state index in [4.69, 9.17) is 0 Å². The summed E-state index contributed by atoms with van der Waals surface area (Å²) in [4.78, 5) is 25.5. The van der Waals surface area contributed by atoms with Crippen molar-refractivity contribution in [2.24, 2.45) is 0 Å². The number of carbonyl (C=O) groups excluding carboxylic acids is 2. The van der Waals surface area contributed by atoms with Gasteiger partial charge in [-0.15, -0.1) is 0 Å². The standard InChI is InChI=1S/C8H14N2O2/c1-6-4-9(3)8(12)5-10(6)7(2)11/h6H,4-5H2,1-3H3. The first-order valence-electron chi connectivity index (χ1n) is 4.03. The predicted molar refractivity (Wildman–Crippen MR) is 44.5 cm³/mol. The van der Waals surface area contributed by atoms with Crippen molar-refractivity contribution >= 4 is 11.8 Å². The van der Waals surface area contributed by atoms with Crippen LogP contribution < -0.4 is 0 Å². The van der Waals surface area contributed by atoms with Crippen molar-refractivity contribution in [3.05, 3.63) is 0 Å². The normalized spacial score (nSPS) is 24.6. The van der Waals surface area contributed by atoms with E-state index in [9.17, 15) is 9.59 Å². The first-order chi connectivity index (χ1) is 5.52. The summed E-state index contributed by atoms with van der Waals surface area (Å²) in [5.41, 5.74) is 0. The Kier molecular flexibility index (Phi) is 2.35. The molecule has 0 saturated carbocycles. The lowest BCUT2D eigenvalue weighted by Crippen LogP contribution is -2.55. The highest BCUT2D eigenvalue weighted by Crippen LogP contribution is 2.08. The summed E-state index contributed by atoms with van der Waals surface area (Å²) in [6.07, 6.45) is 0. The minimum Gasteiger partial charge on any atom is -0.342 e. The van der Waals surface area contributed by atoms with Crippen LogP contribution in [-0.4, -0.2) is 47.8 Å². The molecule has 0 aromatic heterocycles. The van der Waals surface area contributed by atoms with Crippen LogP contribution in [0.3, 0.4) is 0 Å². The summed E-state index contributed by atoms with van der Waals surface area (Å²) in [6, 6.07) is 0.144. The van der Waals surface area contributed by atoms with Crippen molar-refractivity contribution in [1.29, 1.82) is 0 Å². The van der Waals surface area contributed by atoms with Crippen LogP contribution in [0.4, 0.5) is 0 Å². The lowest BCUT2D eigenvalue weighted by Gasteiger charge is -2.37. The van der Waals surface area contributed by atoms with Gasteiger partial charge in [0.1, 0.15) is 6.54 Å². The summed E-state index contributed by atoms with van der Waals surface area (Å²) >= 11 is 0. The Morgan fingerprint density at radius 3 is 2.67 bits per heavy atom. The van der Waals surface area contributed by atoms with E-state index in [1.54, 1.807) is 16.8 Å². The van der Waals surface area contributed by atoms with Gasteiger partial charge in [-0.25, -0.2) is 0 Å². The maximum atomic E-state index is 11.2. The van der Waals surface area contributed by atoms with E-state index in [0.717, 1.165) is 0 Å². The Morgan fingerprint density at radius 2 is 2.17 bits per heavy atom. The van der Waals surface area contributed by atoms with Gasteiger partial charge in [-0.2, -0.15) is 0 Å². The van der Waals surface area contributed by atoms with Gasteiger partial charge in [0.15, 0.2) is 0 Å². The molecule has 1 heterocycles. The molecule has 1 saturated heterocycles. The van der Waals surface area contributed by atoms with Gasteiger partial charge in [0.2, 0.25) is 11.8 Å². The zero-order valence-corrected chi connectivity index (χ0v) is 7.70. The zero-order chi connectivity index (χ0) is 9.30. The van der Waals surface area contributed by atoms with Crippen molar-refractivity contribution in [3.8, 4) is 0 Å². The third-order valence-corrected chi connectivity index (χ3v) is 2.21. The average Bonchev–Trinajstić information content (AvgIpc) is 1.96. The van der Waals surface area contributed by atoms with Crippen LogP contribution >= 0.6 is 0 Å². The first kappa shape index (κ1) is 9.03. The number of nitrogens with zero attached hydrogens (tertiary/aromatic N) is 2. The molecule has 12 heavy (non-hydrogen) atoms. The maximum absolute atomic E-state index is 11.2. The number of likely N-dealkylation sites (N-methyl/N-ethyl adjacent to an activating group) is 1. The summed E-state index contributed by atoms with van der Waals surface area (Å²) in [7, 11) is 1.76. The van der Waals surface area contributed by atoms with Gasteiger partial charge in [-0.3, -0.25) is 9.59 Å². The monoisotopic (exact) mass is 170 g/mol. The average molecular weight is 170 g/mol.